The van der Waals surface area contributed by atoms with Crippen molar-refractivity contribution in [3.63, 3.8) is 0 Å². The minimum absolute atomic E-state index is 0.473. The van der Waals surface area contributed by atoms with E-state index in [1.54, 1.807) is 27.4 Å². The van der Waals surface area contributed by atoms with Gasteiger partial charge < -0.3 is 19.5 Å². The van der Waals surface area contributed by atoms with Crippen molar-refractivity contribution in [2.45, 2.75) is 20.4 Å². The topological polar surface area (TPSA) is 76.4 Å². The molecule has 126 valence electrons. The molecule has 0 fully saturated rings. The van der Waals surface area contributed by atoms with E-state index in [4.69, 9.17) is 14.2 Å². The van der Waals surface area contributed by atoms with Crippen LogP contribution in [0.3, 0.4) is 0 Å². The maximum Gasteiger partial charge on any atom is 0.164 e. The first-order valence-corrected chi connectivity index (χ1v) is 7.45. The minimum Gasteiger partial charge on any atom is -0.496 e. The number of nitrogens with one attached hydrogen (secondary N) is 1. The lowest BCUT2D eigenvalue weighted by molar-refractivity contribution is 0.347. The molecule has 6 nitrogen and oxygen atoms in total. The first-order chi connectivity index (χ1) is 11.5. The maximum absolute atomic E-state index is 9.35. The Balaban J connectivity index is 2.34. The Morgan fingerprint density at radius 3 is 2.21 bits per heavy atom. The maximum atomic E-state index is 9.35. The number of aromatic nitrogens is 1. The van der Waals surface area contributed by atoms with Crippen LogP contribution in [0.2, 0.25) is 0 Å². The Labute approximate surface area is 142 Å². The number of nitriles is 1. The van der Waals surface area contributed by atoms with Crippen molar-refractivity contribution >= 4 is 5.69 Å². The second-order valence-electron chi connectivity index (χ2n) is 5.26. The standard InChI is InChI=1S/C18H21N3O3/c1-11-6-15(14(9-19)12(2)21-11)20-10-13-7-17(23-4)18(24-5)8-16(13)22-3/h6-8H,10H2,1-5H3,(H,20,21). The van der Waals surface area contributed by atoms with Gasteiger partial charge in [0, 0.05) is 23.9 Å². The smallest absolute Gasteiger partial charge is 0.164 e. The second kappa shape index (κ2) is 7.55. The van der Waals surface area contributed by atoms with Crippen LogP contribution in [0.4, 0.5) is 5.69 Å². The second-order valence-corrected chi connectivity index (χ2v) is 5.26. The number of hydrogen-bond acceptors (Lipinski definition) is 6. The van der Waals surface area contributed by atoms with E-state index in [0.717, 1.165) is 16.9 Å². The van der Waals surface area contributed by atoms with Crippen LogP contribution in [0.5, 0.6) is 17.2 Å². The quantitative estimate of drug-likeness (QED) is 0.878. The van der Waals surface area contributed by atoms with Crippen molar-refractivity contribution in [2.24, 2.45) is 0 Å². The Morgan fingerprint density at radius 1 is 1.00 bits per heavy atom. The Bertz CT molecular complexity index is 782. The predicted molar refractivity (Wildman–Crippen MR) is 91.9 cm³/mol. The lowest BCUT2D eigenvalue weighted by Crippen LogP contribution is -2.06. The van der Waals surface area contributed by atoms with E-state index in [1.165, 1.54) is 0 Å². The van der Waals surface area contributed by atoms with E-state index in [1.807, 2.05) is 26.0 Å². The number of ether oxygens (including phenoxy) is 3. The van der Waals surface area contributed by atoms with Gasteiger partial charge in [0.05, 0.1) is 38.3 Å². The first kappa shape index (κ1) is 17.4. The number of pyridine rings is 1. The molecule has 2 aromatic rings. The number of rotatable bonds is 6. The van der Waals surface area contributed by atoms with Gasteiger partial charge in [-0.15, -0.1) is 0 Å². The summed E-state index contributed by atoms with van der Waals surface area (Å²) in [4.78, 5) is 4.32. The lowest BCUT2D eigenvalue weighted by Gasteiger charge is -2.16. The average Bonchev–Trinajstić information content (AvgIpc) is 2.58. The van der Waals surface area contributed by atoms with Crippen LogP contribution < -0.4 is 19.5 Å². The van der Waals surface area contributed by atoms with Crippen molar-refractivity contribution in [3.8, 4) is 23.3 Å². The fourth-order valence-electron chi connectivity index (χ4n) is 2.53. The van der Waals surface area contributed by atoms with E-state index < -0.39 is 0 Å². The molecule has 1 N–H and O–H groups in total. The molecule has 0 bridgehead atoms. The fraction of sp³-hybridized carbons (Fsp3) is 0.333. The third-order valence-electron chi connectivity index (χ3n) is 3.70. The number of nitrogens with zero attached hydrogens (tertiary/aromatic N) is 2. The number of hydrogen-bond donors (Lipinski definition) is 1. The molecule has 0 radical (unpaired) electrons. The molecule has 0 saturated heterocycles. The summed E-state index contributed by atoms with van der Waals surface area (Å²) < 4.78 is 16.1. The third-order valence-corrected chi connectivity index (χ3v) is 3.70. The van der Waals surface area contributed by atoms with Crippen molar-refractivity contribution in [2.75, 3.05) is 26.6 Å². The summed E-state index contributed by atoms with van der Waals surface area (Å²) in [7, 11) is 4.77. The van der Waals surface area contributed by atoms with Gasteiger partial charge in [0.2, 0.25) is 0 Å². The van der Waals surface area contributed by atoms with Gasteiger partial charge in [-0.05, 0) is 26.0 Å². The summed E-state index contributed by atoms with van der Waals surface area (Å²) in [6.45, 7) is 4.20. The van der Waals surface area contributed by atoms with Crippen LogP contribution in [0.1, 0.15) is 22.5 Å². The zero-order valence-corrected chi connectivity index (χ0v) is 14.6. The Kier molecular flexibility index (Phi) is 5.48. The SMILES string of the molecule is COc1cc(OC)c(OC)cc1CNc1cc(C)nc(C)c1C#N. The molecular weight excluding hydrogens is 306 g/mol. The van der Waals surface area contributed by atoms with Gasteiger partial charge in [0.25, 0.3) is 0 Å². The van der Waals surface area contributed by atoms with Gasteiger partial charge in [0.15, 0.2) is 11.5 Å². The zero-order valence-electron chi connectivity index (χ0n) is 14.6. The van der Waals surface area contributed by atoms with Crippen LogP contribution >= 0.6 is 0 Å². The Morgan fingerprint density at radius 2 is 1.62 bits per heavy atom. The largest absolute Gasteiger partial charge is 0.496 e. The highest BCUT2D eigenvalue weighted by Gasteiger charge is 2.13. The molecule has 1 aromatic heterocycles. The van der Waals surface area contributed by atoms with Gasteiger partial charge >= 0.3 is 0 Å². The van der Waals surface area contributed by atoms with Crippen LogP contribution in [0, 0.1) is 25.2 Å². The number of benzene rings is 1. The van der Waals surface area contributed by atoms with Gasteiger partial charge in [-0.3, -0.25) is 4.98 Å². The number of aryl methyl sites for hydroxylation is 2. The van der Waals surface area contributed by atoms with E-state index >= 15 is 0 Å². The van der Waals surface area contributed by atoms with E-state index in [9.17, 15) is 5.26 Å². The molecule has 2 rings (SSSR count). The van der Waals surface area contributed by atoms with Crippen LogP contribution in [0.25, 0.3) is 0 Å². The molecule has 0 unspecified atom stereocenters. The van der Waals surface area contributed by atoms with Crippen molar-refractivity contribution in [1.29, 1.82) is 5.26 Å². The van der Waals surface area contributed by atoms with E-state index in [-0.39, 0.29) is 0 Å². The third kappa shape index (κ3) is 3.51. The predicted octanol–water partition coefficient (Wildman–Crippen LogP) is 3.21. The zero-order chi connectivity index (χ0) is 17.7. The molecule has 0 aliphatic heterocycles. The van der Waals surface area contributed by atoms with Crippen molar-refractivity contribution in [1.82, 2.24) is 4.98 Å². The summed E-state index contributed by atoms with van der Waals surface area (Å²) in [5.74, 6) is 1.91. The van der Waals surface area contributed by atoms with Crippen molar-refractivity contribution < 1.29 is 14.2 Å². The molecule has 1 heterocycles. The molecule has 1 aromatic carbocycles. The van der Waals surface area contributed by atoms with Gasteiger partial charge in [-0.1, -0.05) is 0 Å². The minimum atomic E-state index is 0.473. The molecule has 6 heteroatoms. The fourth-order valence-corrected chi connectivity index (χ4v) is 2.53. The number of methoxy groups -OCH3 is 3. The summed E-state index contributed by atoms with van der Waals surface area (Å²) in [5, 5.41) is 12.6. The monoisotopic (exact) mass is 327 g/mol. The average molecular weight is 327 g/mol. The molecule has 0 aliphatic rings. The lowest BCUT2D eigenvalue weighted by atomic mass is 10.1. The molecule has 0 spiro atoms. The highest BCUT2D eigenvalue weighted by atomic mass is 16.5. The van der Waals surface area contributed by atoms with Crippen molar-refractivity contribution in [3.05, 3.63) is 40.7 Å². The van der Waals surface area contributed by atoms with Gasteiger partial charge in [-0.25, -0.2) is 0 Å². The number of anilines is 1. The van der Waals surface area contributed by atoms with Gasteiger partial charge in [-0.2, -0.15) is 5.26 Å². The summed E-state index contributed by atoms with van der Waals surface area (Å²) in [6, 6.07) is 7.70. The molecule has 0 amide bonds. The van der Waals surface area contributed by atoms with E-state index in [2.05, 4.69) is 16.4 Å². The normalized spacial score (nSPS) is 10.0. The highest BCUT2D eigenvalue weighted by molar-refractivity contribution is 5.61. The van der Waals surface area contributed by atoms with Crippen LogP contribution in [-0.4, -0.2) is 26.3 Å². The molecule has 24 heavy (non-hydrogen) atoms. The van der Waals surface area contributed by atoms with E-state index in [0.29, 0.717) is 35.1 Å². The van der Waals surface area contributed by atoms with Gasteiger partial charge in [0.1, 0.15) is 11.8 Å². The Hall–Kier alpha value is -2.94. The van der Waals surface area contributed by atoms with Crippen LogP contribution in [-0.2, 0) is 6.54 Å². The molecule has 0 saturated carbocycles. The summed E-state index contributed by atoms with van der Waals surface area (Å²) in [6.07, 6.45) is 0. The molecule has 0 atom stereocenters. The molecule has 0 aliphatic carbocycles. The van der Waals surface area contributed by atoms with Crippen LogP contribution in [0.15, 0.2) is 18.2 Å². The summed E-state index contributed by atoms with van der Waals surface area (Å²) in [5.41, 5.74) is 3.75. The molecular formula is C18H21N3O3. The highest BCUT2D eigenvalue weighted by Crippen LogP contribution is 2.35. The summed E-state index contributed by atoms with van der Waals surface area (Å²) >= 11 is 0. The first-order valence-electron chi connectivity index (χ1n) is 7.45.